The lowest BCUT2D eigenvalue weighted by Crippen LogP contribution is -2.16. The number of pyridine rings is 1. The number of benzene rings is 2. The third kappa shape index (κ3) is 1.77. The number of hydrogen-bond acceptors (Lipinski definition) is 4. The highest BCUT2D eigenvalue weighted by Crippen LogP contribution is 2.40. The molecule has 0 atom stereocenters. The lowest BCUT2D eigenvalue weighted by molar-refractivity contribution is 0.0681. The van der Waals surface area contributed by atoms with Crippen LogP contribution in [-0.2, 0) is 0 Å². The predicted octanol–water partition coefficient (Wildman–Crippen LogP) is 2.84. The number of carboxylic acids is 2. The molecule has 1 heterocycles. The minimum absolute atomic E-state index is 0.0764. The number of rotatable bonds is 2. The molecule has 0 spiro atoms. The van der Waals surface area contributed by atoms with Gasteiger partial charge in [-0.15, -0.1) is 0 Å². The third-order valence-electron chi connectivity index (χ3n) is 4.11. The van der Waals surface area contributed by atoms with Gasteiger partial charge < -0.3 is 10.2 Å². The number of fused-ring (bicyclic) bond motifs is 2. The number of aromatic nitrogens is 1. The summed E-state index contributed by atoms with van der Waals surface area (Å²) in [7, 11) is 0. The molecule has 1 aromatic heterocycles. The molecule has 0 saturated carbocycles. The van der Waals surface area contributed by atoms with Crippen LogP contribution in [0.4, 0.5) is 0 Å². The smallest absolute Gasteiger partial charge is 0.354 e. The van der Waals surface area contributed by atoms with Gasteiger partial charge in [-0.05, 0) is 29.3 Å². The van der Waals surface area contributed by atoms with Gasteiger partial charge in [-0.2, -0.15) is 0 Å². The van der Waals surface area contributed by atoms with Gasteiger partial charge in [0.1, 0.15) is 5.69 Å². The fourth-order valence-electron chi connectivity index (χ4n) is 3.13. The topological polar surface area (TPSA) is 105 Å². The maximum Gasteiger partial charge on any atom is 0.354 e. The van der Waals surface area contributed by atoms with Crippen molar-refractivity contribution in [1.82, 2.24) is 4.98 Å². The van der Waals surface area contributed by atoms with Gasteiger partial charge in [-0.25, -0.2) is 14.6 Å². The molecule has 1 aliphatic carbocycles. The second-order valence-corrected chi connectivity index (χ2v) is 5.42. The van der Waals surface area contributed by atoms with E-state index in [9.17, 15) is 24.6 Å². The average Bonchev–Trinajstić information content (AvgIpc) is 2.58. The fourth-order valence-corrected chi connectivity index (χ4v) is 3.13. The van der Waals surface area contributed by atoms with Gasteiger partial charge in [0.25, 0.3) is 0 Å². The number of aromatic carboxylic acids is 2. The minimum Gasteiger partial charge on any atom is -0.478 e. The summed E-state index contributed by atoms with van der Waals surface area (Å²) in [5, 5.41) is 19.2. The van der Waals surface area contributed by atoms with E-state index in [1.807, 2.05) is 0 Å². The van der Waals surface area contributed by atoms with Crippen molar-refractivity contribution in [3.8, 4) is 11.1 Å². The Balaban J connectivity index is 2.21. The average molecular weight is 319 g/mol. The monoisotopic (exact) mass is 319 g/mol. The van der Waals surface area contributed by atoms with Crippen LogP contribution in [-0.4, -0.2) is 32.9 Å². The van der Waals surface area contributed by atoms with E-state index in [0.29, 0.717) is 27.6 Å². The summed E-state index contributed by atoms with van der Waals surface area (Å²) in [5.41, 5.74) is 1.45. The van der Waals surface area contributed by atoms with Gasteiger partial charge in [-0.1, -0.05) is 24.3 Å². The maximum absolute atomic E-state index is 12.8. The molecule has 0 radical (unpaired) electrons. The first kappa shape index (κ1) is 14.1. The molecule has 0 saturated heterocycles. The summed E-state index contributed by atoms with van der Waals surface area (Å²) in [6.45, 7) is 0. The Morgan fingerprint density at radius 3 is 2.29 bits per heavy atom. The Kier molecular flexibility index (Phi) is 2.77. The molecule has 0 fully saturated rings. The van der Waals surface area contributed by atoms with Crippen molar-refractivity contribution in [3.05, 3.63) is 64.8 Å². The molecule has 2 N–H and O–H groups in total. The Bertz CT molecular complexity index is 1080. The van der Waals surface area contributed by atoms with E-state index in [2.05, 4.69) is 4.98 Å². The lowest BCUT2D eigenvalue weighted by Gasteiger charge is -2.21. The van der Waals surface area contributed by atoms with Crippen molar-refractivity contribution in [2.24, 2.45) is 0 Å². The van der Waals surface area contributed by atoms with Gasteiger partial charge in [0.05, 0.1) is 11.1 Å². The van der Waals surface area contributed by atoms with Crippen molar-refractivity contribution in [2.75, 3.05) is 0 Å². The zero-order valence-electron chi connectivity index (χ0n) is 12.1. The second kappa shape index (κ2) is 4.73. The highest BCUT2D eigenvalue weighted by Gasteiger charge is 2.30. The standard InChI is InChI=1S/C18H9NO5/c20-16-9-4-2-6-12-14(9)11(7-13(19-12)18(23)24)8-3-1-5-10(15(8)16)17(21)22/h1-7H,(H,21,22)(H,23,24). The summed E-state index contributed by atoms with van der Waals surface area (Å²) >= 11 is 0. The summed E-state index contributed by atoms with van der Waals surface area (Å²) in [6, 6.07) is 10.7. The van der Waals surface area contributed by atoms with E-state index in [4.69, 9.17) is 0 Å². The van der Waals surface area contributed by atoms with Crippen LogP contribution in [0.25, 0.3) is 22.0 Å². The maximum atomic E-state index is 12.8. The molecule has 1 aliphatic rings. The molecule has 0 unspecified atom stereocenters. The molecular formula is C18H9NO5. The molecule has 116 valence electrons. The minimum atomic E-state index is -1.21. The van der Waals surface area contributed by atoms with Crippen LogP contribution in [0.15, 0.2) is 42.5 Å². The van der Waals surface area contributed by atoms with Crippen LogP contribution < -0.4 is 0 Å². The molecular weight excluding hydrogens is 310 g/mol. The van der Waals surface area contributed by atoms with Crippen LogP contribution in [0, 0.1) is 0 Å². The Morgan fingerprint density at radius 2 is 1.58 bits per heavy atom. The summed E-state index contributed by atoms with van der Waals surface area (Å²) < 4.78 is 0. The van der Waals surface area contributed by atoms with E-state index in [-0.39, 0.29) is 16.8 Å². The van der Waals surface area contributed by atoms with E-state index in [0.717, 1.165) is 0 Å². The summed E-state index contributed by atoms with van der Waals surface area (Å²) in [6.07, 6.45) is 0. The summed E-state index contributed by atoms with van der Waals surface area (Å²) in [5.74, 6) is -2.79. The van der Waals surface area contributed by atoms with Gasteiger partial charge in [-0.3, -0.25) is 4.79 Å². The van der Waals surface area contributed by atoms with Crippen molar-refractivity contribution in [1.29, 1.82) is 0 Å². The van der Waals surface area contributed by atoms with Crippen LogP contribution in [0.2, 0.25) is 0 Å². The van der Waals surface area contributed by atoms with Gasteiger partial charge in [0.2, 0.25) is 0 Å². The zero-order chi connectivity index (χ0) is 17.0. The molecule has 6 nitrogen and oxygen atoms in total. The quantitative estimate of drug-likeness (QED) is 0.588. The molecule has 0 aliphatic heterocycles. The summed E-state index contributed by atoms with van der Waals surface area (Å²) in [4.78, 5) is 39.7. The number of carboxylic acid groups (broad SMARTS) is 2. The molecule has 0 bridgehead atoms. The molecule has 0 amide bonds. The van der Waals surface area contributed by atoms with Crippen LogP contribution in [0.1, 0.15) is 36.8 Å². The molecule has 2 aromatic carbocycles. The fraction of sp³-hybridized carbons (Fsp3) is 0. The number of ketones is 1. The van der Waals surface area contributed by atoms with Crippen molar-refractivity contribution in [2.45, 2.75) is 0 Å². The number of nitrogens with zero attached hydrogens (tertiary/aromatic N) is 1. The zero-order valence-corrected chi connectivity index (χ0v) is 12.1. The van der Waals surface area contributed by atoms with Crippen LogP contribution in [0.3, 0.4) is 0 Å². The lowest BCUT2D eigenvalue weighted by atomic mass is 9.81. The Labute approximate surface area is 135 Å². The second-order valence-electron chi connectivity index (χ2n) is 5.42. The highest BCUT2D eigenvalue weighted by atomic mass is 16.4. The Hall–Kier alpha value is -3.54. The number of carbonyl (C=O) groups excluding carboxylic acids is 1. The van der Waals surface area contributed by atoms with Gasteiger partial charge in [0.15, 0.2) is 5.78 Å². The van der Waals surface area contributed by atoms with E-state index in [1.54, 1.807) is 24.3 Å². The van der Waals surface area contributed by atoms with E-state index in [1.165, 1.54) is 18.2 Å². The molecule has 4 rings (SSSR count). The Morgan fingerprint density at radius 1 is 0.875 bits per heavy atom. The normalized spacial score (nSPS) is 12.1. The first-order valence-corrected chi connectivity index (χ1v) is 7.07. The van der Waals surface area contributed by atoms with Gasteiger partial charge >= 0.3 is 11.9 Å². The van der Waals surface area contributed by atoms with Crippen molar-refractivity contribution in [3.63, 3.8) is 0 Å². The van der Waals surface area contributed by atoms with Crippen molar-refractivity contribution < 1.29 is 24.6 Å². The van der Waals surface area contributed by atoms with Gasteiger partial charge in [0, 0.05) is 16.5 Å². The first-order valence-electron chi connectivity index (χ1n) is 7.07. The predicted molar refractivity (Wildman–Crippen MR) is 84.5 cm³/mol. The molecule has 3 aromatic rings. The highest BCUT2D eigenvalue weighted by molar-refractivity contribution is 6.28. The largest absolute Gasteiger partial charge is 0.478 e. The first-order chi connectivity index (χ1) is 11.5. The SMILES string of the molecule is O=C(O)c1cc2c3c(cccc3n1)C(=O)c1c(C(=O)O)cccc1-2. The number of hydrogen-bond donors (Lipinski definition) is 2. The van der Waals surface area contributed by atoms with E-state index >= 15 is 0 Å². The molecule has 6 heteroatoms. The van der Waals surface area contributed by atoms with Crippen molar-refractivity contribution >= 4 is 28.6 Å². The van der Waals surface area contributed by atoms with Crippen LogP contribution >= 0.6 is 0 Å². The van der Waals surface area contributed by atoms with E-state index < -0.39 is 17.7 Å². The number of carbonyl (C=O) groups is 3. The third-order valence-corrected chi connectivity index (χ3v) is 4.11. The molecule has 24 heavy (non-hydrogen) atoms. The van der Waals surface area contributed by atoms with Crippen LogP contribution in [0.5, 0.6) is 0 Å².